The second kappa shape index (κ2) is 10.5. The number of amides is 2. The van der Waals surface area contributed by atoms with E-state index in [9.17, 15) is 9.59 Å². The number of hydrogen-bond acceptors (Lipinski definition) is 5. The van der Waals surface area contributed by atoms with Gasteiger partial charge < -0.3 is 15.2 Å². The van der Waals surface area contributed by atoms with Gasteiger partial charge in [0.25, 0.3) is 0 Å². The van der Waals surface area contributed by atoms with Crippen molar-refractivity contribution < 1.29 is 9.59 Å². The van der Waals surface area contributed by atoms with Crippen molar-refractivity contribution in [2.75, 3.05) is 16.4 Å². The maximum absolute atomic E-state index is 12.5. The minimum Gasteiger partial charge on any atom is -0.325 e. The van der Waals surface area contributed by atoms with Crippen molar-refractivity contribution in [1.29, 1.82) is 0 Å². The molecule has 162 valence electrons. The van der Waals surface area contributed by atoms with E-state index in [0.717, 1.165) is 23.2 Å². The second-order valence-corrected chi connectivity index (χ2v) is 8.31. The highest BCUT2D eigenvalue weighted by Gasteiger charge is 2.16. The molecule has 2 N–H and O–H groups in total. The molecule has 2 aromatic carbocycles. The van der Waals surface area contributed by atoms with Crippen LogP contribution < -0.4 is 10.6 Å². The summed E-state index contributed by atoms with van der Waals surface area (Å²) in [4.78, 5) is 24.8. The fourth-order valence-corrected chi connectivity index (χ4v) is 3.95. The molecule has 0 bridgehead atoms. The fourth-order valence-electron chi connectivity index (χ4n) is 3.03. The van der Waals surface area contributed by atoms with Crippen LogP contribution in [-0.4, -0.2) is 32.3 Å². The Morgan fingerprint density at radius 1 is 1.06 bits per heavy atom. The van der Waals surface area contributed by atoms with E-state index in [2.05, 4.69) is 27.8 Å². The van der Waals surface area contributed by atoms with Crippen molar-refractivity contribution in [3.63, 3.8) is 0 Å². The van der Waals surface area contributed by atoms with Gasteiger partial charge in [0.05, 0.1) is 22.9 Å². The first-order chi connectivity index (χ1) is 14.9. The van der Waals surface area contributed by atoms with Gasteiger partial charge >= 0.3 is 0 Å². The predicted octanol–water partition coefficient (Wildman–Crippen LogP) is 4.25. The summed E-state index contributed by atoms with van der Waals surface area (Å²) in [7, 11) is 1.77. The van der Waals surface area contributed by atoms with Gasteiger partial charge in [0, 0.05) is 12.7 Å². The molecule has 7 nitrogen and oxygen atoms in total. The van der Waals surface area contributed by atoms with Gasteiger partial charge in [-0.1, -0.05) is 60.6 Å². The largest absolute Gasteiger partial charge is 0.325 e. The molecule has 1 aromatic heterocycles. The van der Waals surface area contributed by atoms with Gasteiger partial charge in [0.2, 0.25) is 11.8 Å². The second-order valence-electron chi connectivity index (χ2n) is 6.96. The highest BCUT2D eigenvalue weighted by molar-refractivity contribution is 7.99. The fraction of sp³-hybridized carbons (Fsp3) is 0.273. The van der Waals surface area contributed by atoms with Crippen LogP contribution in [0.5, 0.6) is 0 Å². The van der Waals surface area contributed by atoms with Crippen LogP contribution in [0, 0.1) is 6.92 Å². The standard InChI is InChI=1S/C22H24ClN5O2S/c1-4-15-9-7-8-14(2)21(15)25-20(30)13-31-22-27-26-18(28(22)3)12-19(29)24-17-11-6-5-10-16(17)23/h5-11H,4,12-13H2,1-3H3,(H,24,29)(H,25,30). The number of hydrogen-bond donors (Lipinski definition) is 2. The maximum Gasteiger partial charge on any atom is 0.234 e. The van der Waals surface area contributed by atoms with Gasteiger partial charge in [-0.3, -0.25) is 9.59 Å². The molecule has 0 aliphatic rings. The summed E-state index contributed by atoms with van der Waals surface area (Å²) in [5, 5.41) is 15.0. The molecule has 2 amide bonds. The summed E-state index contributed by atoms with van der Waals surface area (Å²) in [5.41, 5.74) is 3.54. The van der Waals surface area contributed by atoms with E-state index >= 15 is 0 Å². The molecule has 0 spiro atoms. The van der Waals surface area contributed by atoms with Crippen LogP contribution in [0.25, 0.3) is 0 Å². The molecule has 0 saturated heterocycles. The zero-order valence-corrected chi connectivity index (χ0v) is 19.2. The smallest absolute Gasteiger partial charge is 0.234 e. The van der Waals surface area contributed by atoms with Crippen molar-refractivity contribution in [3.8, 4) is 0 Å². The lowest BCUT2D eigenvalue weighted by atomic mass is 10.1. The Morgan fingerprint density at radius 2 is 1.84 bits per heavy atom. The number of nitrogens with zero attached hydrogens (tertiary/aromatic N) is 3. The van der Waals surface area contributed by atoms with Crippen LogP contribution >= 0.6 is 23.4 Å². The Hall–Kier alpha value is -2.84. The third-order valence-corrected chi connectivity index (χ3v) is 6.08. The monoisotopic (exact) mass is 457 g/mol. The first kappa shape index (κ1) is 22.8. The number of nitrogens with one attached hydrogen (secondary N) is 2. The number of anilines is 2. The SMILES string of the molecule is CCc1cccc(C)c1NC(=O)CSc1nnc(CC(=O)Nc2ccccc2Cl)n1C. The van der Waals surface area contributed by atoms with Crippen LogP contribution in [0.4, 0.5) is 11.4 Å². The Kier molecular flexibility index (Phi) is 7.70. The lowest BCUT2D eigenvalue weighted by Crippen LogP contribution is -2.18. The van der Waals surface area contributed by atoms with Crippen LogP contribution in [0.1, 0.15) is 23.9 Å². The number of thioether (sulfide) groups is 1. The highest BCUT2D eigenvalue weighted by Crippen LogP contribution is 2.23. The molecule has 0 aliphatic heterocycles. The lowest BCUT2D eigenvalue weighted by molar-refractivity contribution is -0.116. The van der Waals surface area contributed by atoms with Gasteiger partial charge in [-0.05, 0) is 36.6 Å². The summed E-state index contributed by atoms with van der Waals surface area (Å²) in [6.07, 6.45) is 0.887. The van der Waals surface area contributed by atoms with E-state index in [4.69, 9.17) is 11.6 Å². The first-order valence-corrected chi connectivity index (χ1v) is 11.2. The third-order valence-electron chi connectivity index (χ3n) is 4.73. The first-order valence-electron chi connectivity index (χ1n) is 9.82. The molecule has 31 heavy (non-hydrogen) atoms. The Morgan fingerprint density at radius 3 is 2.58 bits per heavy atom. The number of para-hydroxylation sites is 2. The number of carbonyl (C=O) groups is 2. The molecule has 0 saturated carbocycles. The Balaban J connectivity index is 1.57. The van der Waals surface area contributed by atoms with Crippen LogP contribution in [0.3, 0.4) is 0 Å². The van der Waals surface area contributed by atoms with E-state index in [1.54, 1.807) is 35.9 Å². The Bertz CT molecular complexity index is 1100. The molecule has 3 rings (SSSR count). The number of rotatable bonds is 8. The zero-order valence-electron chi connectivity index (χ0n) is 17.6. The molecule has 0 aliphatic carbocycles. The average molecular weight is 458 g/mol. The van der Waals surface area contributed by atoms with E-state index in [0.29, 0.717) is 21.7 Å². The van der Waals surface area contributed by atoms with Gasteiger partial charge in [-0.25, -0.2) is 0 Å². The van der Waals surface area contributed by atoms with Crippen LogP contribution in [0.2, 0.25) is 5.02 Å². The molecule has 3 aromatic rings. The van der Waals surface area contributed by atoms with Crippen LogP contribution in [-0.2, 0) is 29.5 Å². The van der Waals surface area contributed by atoms with Gasteiger partial charge in [0.15, 0.2) is 5.16 Å². The molecule has 1 heterocycles. The molecular formula is C22H24ClN5O2S. The minimum absolute atomic E-state index is 0.0462. The number of benzene rings is 2. The molecule has 0 fully saturated rings. The quantitative estimate of drug-likeness (QED) is 0.493. The topological polar surface area (TPSA) is 88.9 Å². The summed E-state index contributed by atoms with van der Waals surface area (Å²) in [6.45, 7) is 4.03. The molecule has 0 atom stereocenters. The number of aryl methyl sites for hydroxylation is 2. The van der Waals surface area contributed by atoms with Crippen molar-refractivity contribution in [3.05, 3.63) is 64.4 Å². The molecule has 9 heteroatoms. The summed E-state index contributed by atoms with van der Waals surface area (Å²) in [6, 6.07) is 13.0. The summed E-state index contributed by atoms with van der Waals surface area (Å²) in [5.74, 6) is 0.328. The van der Waals surface area contributed by atoms with E-state index in [1.807, 2.05) is 25.1 Å². The average Bonchev–Trinajstić information content (AvgIpc) is 3.09. The van der Waals surface area contributed by atoms with E-state index in [-0.39, 0.29) is 24.0 Å². The van der Waals surface area contributed by atoms with Crippen LogP contribution in [0.15, 0.2) is 47.6 Å². The lowest BCUT2D eigenvalue weighted by Gasteiger charge is -2.12. The van der Waals surface area contributed by atoms with Gasteiger partial charge in [-0.2, -0.15) is 0 Å². The number of aromatic nitrogens is 3. The van der Waals surface area contributed by atoms with Crippen molar-refractivity contribution in [2.24, 2.45) is 7.05 Å². The molecular weight excluding hydrogens is 434 g/mol. The van der Waals surface area contributed by atoms with E-state index < -0.39 is 0 Å². The zero-order chi connectivity index (χ0) is 22.4. The predicted molar refractivity (Wildman–Crippen MR) is 125 cm³/mol. The highest BCUT2D eigenvalue weighted by atomic mass is 35.5. The van der Waals surface area contributed by atoms with E-state index in [1.165, 1.54) is 11.8 Å². The number of carbonyl (C=O) groups excluding carboxylic acids is 2. The van der Waals surface area contributed by atoms with Gasteiger partial charge in [-0.15, -0.1) is 10.2 Å². The summed E-state index contributed by atoms with van der Waals surface area (Å²) >= 11 is 7.35. The normalized spacial score (nSPS) is 10.7. The number of halogens is 1. The van der Waals surface area contributed by atoms with Crippen molar-refractivity contribution in [1.82, 2.24) is 14.8 Å². The van der Waals surface area contributed by atoms with Gasteiger partial charge in [0.1, 0.15) is 5.82 Å². The maximum atomic E-state index is 12.5. The molecule has 0 unspecified atom stereocenters. The summed E-state index contributed by atoms with van der Waals surface area (Å²) < 4.78 is 1.72. The Labute approximate surface area is 190 Å². The third kappa shape index (κ3) is 5.86. The molecule has 0 radical (unpaired) electrons. The van der Waals surface area contributed by atoms with Crippen molar-refractivity contribution in [2.45, 2.75) is 31.8 Å². The minimum atomic E-state index is -0.246. The van der Waals surface area contributed by atoms with Crippen molar-refractivity contribution >= 4 is 46.6 Å².